The van der Waals surface area contributed by atoms with Crippen molar-refractivity contribution in [3.63, 3.8) is 0 Å². The molecule has 0 saturated carbocycles. The Morgan fingerprint density at radius 2 is 2.11 bits per heavy atom. The minimum absolute atomic E-state index is 0.0490. The van der Waals surface area contributed by atoms with Crippen LogP contribution in [0.5, 0.6) is 0 Å². The Balaban J connectivity index is 1.86. The molecule has 2 aliphatic heterocycles. The molecule has 3 heteroatoms. The molecule has 0 spiro atoms. The van der Waals surface area contributed by atoms with Crippen molar-refractivity contribution in [1.82, 2.24) is 4.90 Å². The van der Waals surface area contributed by atoms with Crippen LogP contribution in [0.15, 0.2) is 24.3 Å². The van der Waals surface area contributed by atoms with Gasteiger partial charge < -0.3 is 10.6 Å². The molecule has 0 aliphatic carbocycles. The minimum atomic E-state index is -0.0490. The van der Waals surface area contributed by atoms with Crippen LogP contribution in [-0.4, -0.2) is 29.4 Å². The average Bonchev–Trinajstić information content (AvgIpc) is 2.89. The molecule has 2 fully saturated rings. The SMILES string of the molecule is Cc1ccc(C2CN3C(=O)CCC3(CN)C2)cc1. The molecule has 1 aromatic carbocycles. The Labute approximate surface area is 108 Å². The highest BCUT2D eigenvalue weighted by Gasteiger charge is 2.51. The molecule has 18 heavy (non-hydrogen) atoms. The Morgan fingerprint density at radius 1 is 1.39 bits per heavy atom. The first kappa shape index (κ1) is 11.7. The van der Waals surface area contributed by atoms with E-state index in [4.69, 9.17) is 5.73 Å². The van der Waals surface area contributed by atoms with Crippen LogP contribution in [0.3, 0.4) is 0 Å². The number of nitrogens with zero attached hydrogens (tertiary/aromatic N) is 1. The molecule has 0 bridgehead atoms. The van der Waals surface area contributed by atoms with Gasteiger partial charge >= 0.3 is 0 Å². The summed E-state index contributed by atoms with van der Waals surface area (Å²) in [7, 11) is 0. The van der Waals surface area contributed by atoms with Crippen LogP contribution in [0, 0.1) is 6.92 Å². The van der Waals surface area contributed by atoms with Crippen molar-refractivity contribution < 1.29 is 4.79 Å². The summed E-state index contributed by atoms with van der Waals surface area (Å²) in [5.74, 6) is 0.744. The Hall–Kier alpha value is -1.35. The van der Waals surface area contributed by atoms with Gasteiger partial charge in [-0.1, -0.05) is 29.8 Å². The van der Waals surface area contributed by atoms with E-state index >= 15 is 0 Å². The van der Waals surface area contributed by atoms with Gasteiger partial charge in [0.05, 0.1) is 5.54 Å². The van der Waals surface area contributed by atoms with Crippen LogP contribution in [0.2, 0.25) is 0 Å². The third-order valence-electron chi connectivity index (χ3n) is 4.64. The number of nitrogens with two attached hydrogens (primary N) is 1. The molecule has 2 unspecified atom stereocenters. The molecule has 2 heterocycles. The smallest absolute Gasteiger partial charge is 0.223 e. The zero-order valence-corrected chi connectivity index (χ0v) is 10.9. The fourth-order valence-corrected chi connectivity index (χ4v) is 3.48. The number of aryl methyl sites for hydroxylation is 1. The summed E-state index contributed by atoms with van der Waals surface area (Å²) in [4.78, 5) is 14.0. The number of carbonyl (C=O) groups is 1. The molecule has 1 amide bonds. The van der Waals surface area contributed by atoms with E-state index in [-0.39, 0.29) is 11.4 Å². The average molecular weight is 244 g/mol. The van der Waals surface area contributed by atoms with Crippen LogP contribution in [0.25, 0.3) is 0 Å². The first-order chi connectivity index (χ1) is 8.64. The lowest BCUT2D eigenvalue weighted by Crippen LogP contribution is -2.46. The molecular weight excluding hydrogens is 224 g/mol. The number of benzene rings is 1. The van der Waals surface area contributed by atoms with Gasteiger partial charge in [-0.05, 0) is 25.3 Å². The topological polar surface area (TPSA) is 46.3 Å². The summed E-state index contributed by atoms with van der Waals surface area (Å²) in [5, 5.41) is 0. The summed E-state index contributed by atoms with van der Waals surface area (Å²) < 4.78 is 0. The fraction of sp³-hybridized carbons (Fsp3) is 0.533. The predicted molar refractivity (Wildman–Crippen MR) is 71.3 cm³/mol. The Bertz CT molecular complexity index is 468. The van der Waals surface area contributed by atoms with Gasteiger partial charge in [0.15, 0.2) is 0 Å². The molecule has 96 valence electrons. The molecule has 2 atom stereocenters. The van der Waals surface area contributed by atoms with Crippen LogP contribution in [0.4, 0.5) is 0 Å². The van der Waals surface area contributed by atoms with Crippen LogP contribution in [-0.2, 0) is 4.79 Å². The van der Waals surface area contributed by atoms with E-state index in [0.717, 1.165) is 19.4 Å². The highest BCUT2D eigenvalue weighted by Crippen LogP contribution is 2.45. The van der Waals surface area contributed by atoms with Crippen molar-refractivity contribution in [2.75, 3.05) is 13.1 Å². The van der Waals surface area contributed by atoms with Gasteiger partial charge in [-0.2, -0.15) is 0 Å². The lowest BCUT2D eigenvalue weighted by molar-refractivity contribution is -0.129. The largest absolute Gasteiger partial charge is 0.335 e. The minimum Gasteiger partial charge on any atom is -0.335 e. The molecule has 1 aromatic rings. The second kappa shape index (κ2) is 4.09. The summed E-state index contributed by atoms with van der Waals surface area (Å²) in [6.45, 7) is 3.54. The molecule has 3 rings (SSSR count). The molecule has 0 radical (unpaired) electrons. The lowest BCUT2D eigenvalue weighted by Gasteiger charge is -2.30. The monoisotopic (exact) mass is 244 g/mol. The van der Waals surface area contributed by atoms with Gasteiger partial charge in [0.1, 0.15) is 0 Å². The number of rotatable bonds is 2. The summed E-state index contributed by atoms with van der Waals surface area (Å²) >= 11 is 0. The first-order valence-electron chi connectivity index (χ1n) is 6.72. The molecule has 0 aromatic heterocycles. The Kier molecular flexibility index (Phi) is 2.67. The van der Waals surface area contributed by atoms with Gasteiger partial charge in [0.2, 0.25) is 5.91 Å². The van der Waals surface area contributed by atoms with E-state index in [2.05, 4.69) is 31.2 Å². The van der Waals surface area contributed by atoms with E-state index < -0.39 is 0 Å². The van der Waals surface area contributed by atoms with E-state index in [1.807, 2.05) is 4.90 Å². The summed E-state index contributed by atoms with van der Waals surface area (Å²) in [6.07, 6.45) is 2.64. The summed E-state index contributed by atoms with van der Waals surface area (Å²) in [6, 6.07) is 8.68. The highest BCUT2D eigenvalue weighted by molar-refractivity contribution is 5.80. The van der Waals surface area contributed by atoms with Crippen LogP contribution >= 0.6 is 0 Å². The second-order valence-electron chi connectivity index (χ2n) is 5.74. The van der Waals surface area contributed by atoms with Crippen molar-refractivity contribution in [2.45, 2.75) is 37.6 Å². The van der Waals surface area contributed by atoms with E-state index in [0.29, 0.717) is 18.9 Å². The number of fused-ring (bicyclic) bond motifs is 1. The van der Waals surface area contributed by atoms with Gasteiger partial charge in [-0.25, -0.2) is 0 Å². The number of carbonyl (C=O) groups excluding carboxylic acids is 1. The third-order valence-corrected chi connectivity index (χ3v) is 4.64. The van der Waals surface area contributed by atoms with Gasteiger partial charge in [-0.15, -0.1) is 0 Å². The van der Waals surface area contributed by atoms with Crippen LogP contribution < -0.4 is 5.73 Å². The van der Waals surface area contributed by atoms with Crippen molar-refractivity contribution in [3.05, 3.63) is 35.4 Å². The maximum Gasteiger partial charge on any atom is 0.223 e. The van der Waals surface area contributed by atoms with Crippen molar-refractivity contribution in [2.24, 2.45) is 5.73 Å². The third kappa shape index (κ3) is 1.65. The van der Waals surface area contributed by atoms with Crippen molar-refractivity contribution in [3.8, 4) is 0 Å². The molecule has 2 aliphatic rings. The van der Waals surface area contributed by atoms with Gasteiger partial charge in [-0.3, -0.25) is 4.79 Å². The fourth-order valence-electron chi connectivity index (χ4n) is 3.48. The zero-order chi connectivity index (χ0) is 12.8. The normalized spacial score (nSPS) is 30.9. The quantitative estimate of drug-likeness (QED) is 0.862. The Morgan fingerprint density at radius 3 is 2.72 bits per heavy atom. The van der Waals surface area contributed by atoms with E-state index in [9.17, 15) is 4.79 Å². The molecule has 3 nitrogen and oxygen atoms in total. The number of hydrogen-bond donors (Lipinski definition) is 1. The van der Waals surface area contributed by atoms with Crippen molar-refractivity contribution >= 4 is 5.91 Å². The molecule has 2 N–H and O–H groups in total. The number of amides is 1. The molecule has 2 saturated heterocycles. The van der Waals surface area contributed by atoms with E-state index in [1.165, 1.54) is 11.1 Å². The van der Waals surface area contributed by atoms with Crippen molar-refractivity contribution in [1.29, 1.82) is 0 Å². The van der Waals surface area contributed by atoms with Gasteiger partial charge in [0.25, 0.3) is 0 Å². The maximum atomic E-state index is 11.9. The first-order valence-corrected chi connectivity index (χ1v) is 6.72. The van der Waals surface area contributed by atoms with E-state index in [1.54, 1.807) is 0 Å². The standard InChI is InChI=1S/C15H20N2O/c1-11-2-4-12(5-3-11)13-8-15(10-16)7-6-14(18)17(15)9-13/h2-5,13H,6-10,16H2,1H3. The van der Waals surface area contributed by atoms with Gasteiger partial charge in [0, 0.05) is 25.4 Å². The number of hydrogen-bond acceptors (Lipinski definition) is 2. The lowest BCUT2D eigenvalue weighted by atomic mass is 9.87. The predicted octanol–water partition coefficient (Wildman–Crippen LogP) is 1.80. The second-order valence-corrected chi connectivity index (χ2v) is 5.74. The van der Waals surface area contributed by atoms with Crippen LogP contribution in [0.1, 0.15) is 36.3 Å². The zero-order valence-electron chi connectivity index (χ0n) is 10.9. The highest BCUT2D eigenvalue weighted by atomic mass is 16.2. The summed E-state index contributed by atoms with van der Waals surface area (Å²) in [5.41, 5.74) is 8.52. The molecular formula is C15H20N2O. The maximum absolute atomic E-state index is 11.9.